The van der Waals surface area contributed by atoms with Crippen LogP contribution in [0, 0.1) is 0 Å². The molecule has 2 aromatic heterocycles. The van der Waals surface area contributed by atoms with E-state index in [1.807, 2.05) is 71.4 Å². The van der Waals surface area contributed by atoms with Crippen molar-refractivity contribution in [3.05, 3.63) is 97.1 Å². The number of imidazole rings is 1. The van der Waals surface area contributed by atoms with Gasteiger partial charge in [0.2, 0.25) is 0 Å². The number of benzene rings is 3. The maximum Gasteiger partial charge on any atom is 0.251 e. The van der Waals surface area contributed by atoms with Gasteiger partial charge < -0.3 is 9.88 Å². The molecule has 0 atom stereocenters. The van der Waals surface area contributed by atoms with Crippen LogP contribution in [-0.2, 0) is 6.54 Å². The van der Waals surface area contributed by atoms with Crippen LogP contribution in [0.5, 0.6) is 0 Å². The molecule has 2 heterocycles. The minimum Gasteiger partial charge on any atom is -0.352 e. The van der Waals surface area contributed by atoms with Gasteiger partial charge in [-0.2, -0.15) is 0 Å². The van der Waals surface area contributed by atoms with E-state index in [4.69, 9.17) is 9.97 Å². The van der Waals surface area contributed by atoms with Crippen molar-refractivity contribution >= 4 is 29.6 Å². The lowest BCUT2D eigenvalue weighted by Crippen LogP contribution is -2.25. The number of carbonyl (C=O) groups is 1. The summed E-state index contributed by atoms with van der Waals surface area (Å²) in [5.41, 5.74) is 5.43. The van der Waals surface area contributed by atoms with E-state index in [1.165, 1.54) is 0 Å². The Morgan fingerprint density at radius 2 is 1.68 bits per heavy atom. The third kappa shape index (κ3) is 4.84. The van der Waals surface area contributed by atoms with E-state index in [0.717, 1.165) is 45.9 Å². The molecule has 1 amide bonds. The first-order valence-corrected chi connectivity index (χ1v) is 11.5. The first-order valence-electron chi connectivity index (χ1n) is 11.1. The van der Waals surface area contributed by atoms with Crippen LogP contribution in [-0.4, -0.2) is 32.0 Å². The minimum atomic E-state index is -0.123. The van der Waals surface area contributed by atoms with E-state index in [1.54, 1.807) is 24.7 Å². The van der Waals surface area contributed by atoms with E-state index < -0.39 is 0 Å². The van der Waals surface area contributed by atoms with E-state index in [0.29, 0.717) is 17.6 Å². The Morgan fingerprint density at radius 3 is 2.47 bits per heavy atom. The summed E-state index contributed by atoms with van der Waals surface area (Å²) in [5, 5.41) is 2.99. The third-order valence-electron chi connectivity index (χ3n) is 5.53. The van der Waals surface area contributed by atoms with Crippen molar-refractivity contribution in [1.82, 2.24) is 24.8 Å². The monoisotopic (exact) mass is 465 g/mol. The third-order valence-corrected chi connectivity index (χ3v) is 5.81. The van der Waals surface area contributed by atoms with Gasteiger partial charge in [0.15, 0.2) is 0 Å². The normalized spacial score (nSPS) is 11.0. The summed E-state index contributed by atoms with van der Waals surface area (Å²) in [5.74, 6) is -0.123. The molecular weight excluding hydrogens is 442 g/mol. The topological polar surface area (TPSA) is 72.7 Å². The molecule has 1 N–H and O–H groups in total. The number of aromatic nitrogens is 4. The standard InChI is InChI=1S/C27H23N5OS/c33-27(29-12-5-14-32-15-13-28-18-32)21-10-11-23-24(17-21)31-25(19-6-2-1-3-7-19)26(30-23)20-8-4-9-22(34)16-20/h1-4,6-11,13,15-18,34H,5,12,14H2,(H,29,33). The number of carbonyl (C=O) groups excluding carboxylic acids is 1. The molecule has 0 unspecified atom stereocenters. The maximum absolute atomic E-state index is 12.7. The zero-order valence-corrected chi connectivity index (χ0v) is 19.3. The number of nitrogens with one attached hydrogen (secondary N) is 1. The highest BCUT2D eigenvalue weighted by atomic mass is 32.1. The van der Waals surface area contributed by atoms with Gasteiger partial charge in [0.1, 0.15) is 0 Å². The van der Waals surface area contributed by atoms with Crippen molar-refractivity contribution in [3.63, 3.8) is 0 Å². The van der Waals surface area contributed by atoms with Gasteiger partial charge in [0, 0.05) is 47.1 Å². The lowest BCUT2D eigenvalue weighted by molar-refractivity contribution is 0.0953. The second kappa shape index (κ2) is 9.89. The van der Waals surface area contributed by atoms with Crippen LogP contribution in [0.3, 0.4) is 0 Å². The molecule has 0 bridgehead atoms. The average Bonchev–Trinajstić information content (AvgIpc) is 3.39. The lowest BCUT2D eigenvalue weighted by Gasteiger charge is -2.12. The first-order chi connectivity index (χ1) is 16.7. The van der Waals surface area contributed by atoms with E-state index >= 15 is 0 Å². The van der Waals surface area contributed by atoms with Gasteiger partial charge in [-0.1, -0.05) is 42.5 Å². The molecule has 3 aromatic carbocycles. The molecule has 0 fully saturated rings. The fraction of sp³-hybridized carbons (Fsp3) is 0.111. The van der Waals surface area contributed by atoms with Gasteiger partial charge in [-0.25, -0.2) is 15.0 Å². The smallest absolute Gasteiger partial charge is 0.251 e. The molecule has 0 aliphatic rings. The fourth-order valence-electron chi connectivity index (χ4n) is 3.83. The summed E-state index contributed by atoms with van der Waals surface area (Å²) in [6, 6.07) is 23.3. The highest BCUT2D eigenvalue weighted by Gasteiger charge is 2.15. The summed E-state index contributed by atoms with van der Waals surface area (Å²) in [6.07, 6.45) is 6.25. The Labute approximate surface area is 203 Å². The van der Waals surface area contributed by atoms with Crippen LogP contribution in [0.2, 0.25) is 0 Å². The number of rotatable bonds is 7. The van der Waals surface area contributed by atoms with Gasteiger partial charge in [0.25, 0.3) is 5.91 Å². The van der Waals surface area contributed by atoms with Gasteiger partial charge in [-0.3, -0.25) is 4.79 Å². The molecule has 5 aromatic rings. The number of nitrogens with zero attached hydrogens (tertiary/aromatic N) is 4. The van der Waals surface area contributed by atoms with Crippen LogP contribution < -0.4 is 5.32 Å². The number of thiol groups is 1. The van der Waals surface area contributed by atoms with Crippen LogP contribution in [0.15, 0.2) is 96.4 Å². The maximum atomic E-state index is 12.7. The first kappa shape index (κ1) is 21.9. The Bertz CT molecular complexity index is 1430. The predicted octanol–water partition coefficient (Wildman–Crippen LogP) is 5.27. The molecule has 5 rings (SSSR count). The van der Waals surface area contributed by atoms with Crippen molar-refractivity contribution in [2.45, 2.75) is 17.9 Å². The van der Waals surface area contributed by atoms with E-state index in [-0.39, 0.29) is 5.91 Å². The van der Waals surface area contributed by atoms with Crippen LogP contribution in [0.4, 0.5) is 0 Å². The van der Waals surface area contributed by atoms with Crippen LogP contribution >= 0.6 is 12.6 Å². The molecule has 0 aliphatic carbocycles. The zero-order valence-electron chi connectivity index (χ0n) is 18.4. The van der Waals surface area contributed by atoms with E-state index in [9.17, 15) is 4.79 Å². The SMILES string of the molecule is O=C(NCCCn1ccnc1)c1ccc2nc(-c3cccc(S)c3)c(-c3ccccc3)nc2c1. The Kier molecular flexibility index (Phi) is 6.35. The number of fused-ring (bicyclic) bond motifs is 1. The highest BCUT2D eigenvalue weighted by molar-refractivity contribution is 7.80. The van der Waals surface area contributed by atoms with Crippen molar-refractivity contribution in [2.75, 3.05) is 6.54 Å². The minimum absolute atomic E-state index is 0.123. The summed E-state index contributed by atoms with van der Waals surface area (Å²) in [6.45, 7) is 1.38. The van der Waals surface area contributed by atoms with Gasteiger partial charge in [0.05, 0.1) is 28.7 Å². The van der Waals surface area contributed by atoms with E-state index in [2.05, 4.69) is 22.9 Å². The Balaban J connectivity index is 1.45. The van der Waals surface area contributed by atoms with Crippen LogP contribution in [0.25, 0.3) is 33.5 Å². The molecule has 6 nitrogen and oxygen atoms in total. The Morgan fingerprint density at radius 1 is 0.882 bits per heavy atom. The molecule has 34 heavy (non-hydrogen) atoms. The molecule has 0 saturated carbocycles. The molecule has 0 aliphatic heterocycles. The van der Waals surface area contributed by atoms with Gasteiger partial charge >= 0.3 is 0 Å². The van der Waals surface area contributed by atoms with Crippen molar-refractivity contribution < 1.29 is 4.79 Å². The lowest BCUT2D eigenvalue weighted by atomic mass is 10.0. The summed E-state index contributed by atoms with van der Waals surface area (Å²) in [4.78, 5) is 27.5. The molecule has 168 valence electrons. The van der Waals surface area contributed by atoms with Crippen molar-refractivity contribution in [3.8, 4) is 22.5 Å². The van der Waals surface area contributed by atoms with Gasteiger partial charge in [-0.05, 0) is 36.8 Å². The second-order valence-electron chi connectivity index (χ2n) is 7.95. The zero-order chi connectivity index (χ0) is 23.3. The number of aryl methyl sites for hydroxylation is 1. The largest absolute Gasteiger partial charge is 0.352 e. The highest BCUT2D eigenvalue weighted by Crippen LogP contribution is 2.32. The fourth-order valence-corrected chi connectivity index (χ4v) is 4.06. The average molecular weight is 466 g/mol. The second-order valence-corrected chi connectivity index (χ2v) is 8.47. The number of hydrogen-bond donors (Lipinski definition) is 2. The molecule has 0 saturated heterocycles. The molecule has 0 spiro atoms. The Hall–Kier alpha value is -3.97. The summed E-state index contributed by atoms with van der Waals surface area (Å²) < 4.78 is 1.99. The van der Waals surface area contributed by atoms with Crippen molar-refractivity contribution in [2.24, 2.45) is 0 Å². The van der Waals surface area contributed by atoms with Gasteiger partial charge in [-0.15, -0.1) is 12.6 Å². The summed E-state index contributed by atoms with van der Waals surface area (Å²) in [7, 11) is 0. The summed E-state index contributed by atoms with van der Waals surface area (Å²) >= 11 is 4.49. The number of hydrogen-bond acceptors (Lipinski definition) is 5. The quantitative estimate of drug-likeness (QED) is 0.254. The molecule has 0 radical (unpaired) electrons. The molecule has 7 heteroatoms. The predicted molar refractivity (Wildman–Crippen MR) is 137 cm³/mol. The van der Waals surface area contributed by atoms with Crippen LogP contribution in [0.1, 0.15) is 16.8 Å². The number of amides is 1. The molecular formula is C27H23N5OS. The van der Waals surface area contributed by atoms with Crippen molar-refractivity contribution in [1.29, 1.82) is 0 Å².